The lowest BCUT2D eigenvalue weighted by Gasteiger charge is -2.39. The van der Waals surface area contributed by atoms with Gasteiger partial charge in [0.05, 0.1) is 19.6 Å². The highest BCUT2D eigenvalue weighted by atomic mass is 79.9. The van der Waals surface area contributed by atoms with Crippen molar-refractivity contribution in [3.8, 4) is 17.2 Å². The Labute approximate surface area is 317 Å². The third-order valence-corrected chi connectivity index (χ3v) is 8.77. The van der Waals surface area contributed by atoms with Crippen molar-refractivity contribution in [2.75, 3.05) is 32.9 Å². The molecule has 4 atom stereocenters. The smallest absolute Gasteiger partial charge is 0.303 e. The van der Waals surface area contributed by atoms with Crippen LogP contribution in [0.25, 0.3) is 0 Å². The van der Waals surface area contributed by atoms with Crippen molar-refractivity contribution in [3.63, 3.8) is 0 Å². The number of hydrogen-bond acceptors (Lipinski definition) is 14. The van der Waals surface area contributed by atoms with Crippen LogP contribution in [0.3, 0.4) is 0 Å². The third-order valence-electron chi connectivity index (χ3n) is 7.62. The fourth-order valence-electron chi connectivity index (χ4n) is 4.79. The normalized spacial score (nSPS) is 18.9. The first-order chi connectivity index (χ1) is 24.5. The van der Waals surface area contributed by atoms with Crippen LogP contribution in [0.4, 0.5) is 0 Å². The molecule has 1 fully saturated rings. The maximum atomic E-state index is 13.4. The van der Waals surface area contributed by atoms with Gasteiger partial charge in [0.1, 0.15) is 24.6 Å². The lowest BCUT2D eigenvalue weighted by Crippen LogP contribution is -2.54. The van der Waals surface area contributed by atoms with Crippen LogP contribution in [0.2, 0.25) is 0 Å². The molecule has 0 aromatic heterocycles. The van der Waals surface area contributed by atoms with E-state index in [2.05, 4.69) is 21.2 Å². The van der Waals surface area contributed by atoms with Crippen molar-refractivity contribution in [2.45, 2.75) is 84.8 Å². The number of ether oxygens (including phenoxy) is 6. The van der Waals surface area contributed by atoms with Crippen LogP contribution >= 0.6 is 28.3 Å². The number of carbonyl (C=O) groups excluding carboxylic acids is 4. The van der Waals surface area contributed by atoms with Crippen LogP contribution in [0.15, 0.2) is 42.5 Å². The van der Waals surface area contributed by atoms with Gasteiger partial charge in [0, 0.05) is 49.0 Å². The van der Waals surface area contributed by atoms with Gasteiger partial charge in [0.2, 0.25) is 6.29 Å². The summed E-state index contributed by atoms with van der Waals surface area (Å²) in [4.78, 5) is 48.9. The largest absolute Gasteiger partial charge is 0.463 e. The number of rotatable bonds is 19. The molecule has 1 aliphatic heterocycles. The number of benzene rings is 2. The number of hydrogen-bond donors (Lipinski definition) is 2. The Kier molecular flexibility index (Phi) is 16.5. The molecular weight excluding hydrogens is 764 g/mol. The Morgan fingerprint density at radius 2 is 1.58 bits per heavy atom. The average molecular weight is 814 g/mol. The second-order valence-corrected chi connectivity index (χ2v) is 14.9. The first-order valence-corrected chi connectivity index (χ1v) is 18.5. The molecule has 1 amide bonds. The molecule has 1 aliphatic rings. The van der Waals surface area contributed by atoms with Gasteiger partial charge in [-0.05, 0) is 42.4 Å². The van der Waals surface area contributed by atoms with Gasteiger partial charge in [-0.1, -0.05) is 55.8 Å². The summed E-state index contributed by atoms with van der Waals surface area (Å²) in [5, 5.41) is 3.65. The molecule has 3 rings (SSSR count). The van der Waals surface area contributed by atoms with Crippen molar-refractivity contribution in [2.24, 2.45) is 16.6 Å². The molecule has 4 unspecified atom stereocenters. The first kappa shape index (κ1) is 42.8. The second kappa shape index (κ2) is 20.0. The Bertz CT molecular complexity index is 1510. The Morgan fingerprint density at radius 1 is 0.904 bits per heavy atom. The van der Waals surface area contributed by atoms with Crippen LogP contribution in [-0.2, 0) is 43.4 Å². The van der Waals surface area contributed by atoms with Crippen LogP contribution in [0.5, 0.6) is 17.2 Å². The maximum absolute atomic E-state index is 13.4. The molecule has 0 aliphatic carbocycles. The van der Waals surface area contributed by atoms with Gasteiger partial charge >= 0.3 is 17.9 Å². The van der Waals surface area contributed by atoms with Gasteiger partial charge in [0.25, 0.3) is 18.2 Å². The number of amides is 1. The van der Waals surface area contributed by atoms with E-state index in [4.69, 9.17) is 42.5 Å². The molecule has 0 saturated carbocycles. The van der Waals surface area contributed by atoms with Gasteiger partial charge in [-0.25, -0.2) is 0 Å². The van der Waals surface area contributed by atoms with Crippen molar-refractivity contribution >= 4 is 52.1 Å². The zero-order valence-corrected chi connectivity index (χ0v) is 33.0. The molecule has 1 saturated heterocycles. The summed E-state index contributed by atoms with van der Waals surface area (Å²) in [7, 11) is 0. The average Bonchev–Trinajstić information content (AvgIpc) is 3.07. The van der Waals surface area contributed by atoms with E-state index in [0.717, 1.165) is 5.56 Å². The third kappa shape index (κ3) is 14.5. The van der Waals surface area contributed by atoms with E-state index in [1.807, 2.05) is 39.8 Å². The number of alkyl halides is 1. The van der Waals surface area contributed by atoms with E-state index < -0.39 is 42.5 Å². The molecular formula is C36H49BrN2O12S. The number of esters is 3. The lowest BCUT2D eigenvalue weighted by atomic mass is 9.93. The monoisotopic (exact) mass is 812 g/mol. The Balaban J connectivity index is 1.83. The molecule has 288 valence electrons. The fourth-order valence-corrected chi connectivity index (χ4v) is 5.59. The van der Waals surface area contributed by atoms with Gasteiger partial charge in [0.15, 0.2) is 17.6 Å². The Morgan fingerprint density at radius 3 is 2.19 bits per heavy atom. The van der Waals surface area contributed by atoms with Crippen LogP contribution < -0.4 is 24.2 Å². The van der Waals surface area contributed by atoms with Gasteiger partial charge in [-0.3, -0.25) is 19.2 Å². The molecule has 0 spiro atoms. The molecule has 1 heterocycles. The summed E-state index contributed by atoms with van der Waals surface area (Å²) in [6, 6.07) is 11.9. The van der Waals surface area contributed by atoms with Crippen LogP contribution in [0, 0.1) is 10.8 Å². The summed E-state index contributed by atoms with van der Waals surface area (Å²) < 4.78 is 45.9. The highest BCUT2D eigenvalue weighted by Gasteiger charge is 2.45. The van der Waals surface area contributed by atoms with Gasteiger partial charge < -0.3 is 47.8 Å². The minimum absolute atomic E-state index is 0.0566. The predicted octanol–water partition coefficient (Wildman–Crippen LogP) is 5.28. The predicted molar refractivity (Wildman–Crippen MR) is 196 cm³/mol. The quantitative estimate of drug-likeness (QED) is 0.0810. The van der Waals surface area contributed by atoms with E-state index >= 15 is 0 Å². The highest BCUT2D eigenvalue weighted by molar-refractivity contribution is 9.08. The zero-order valence-electron chi connectivity index (χ0n) is 30.6. The summed E-state index contributed by atoms with van der Waals surface area (Å²) in [5.74, 6) is -1.43. The van der Waals surface area contributed by atoms with E-state index in [-0.39, 0.29) is 46.8 Å². The van der Waals surface area contributed by atoms with Crippen molar-refractivity contribution in [3.05, 3.63) is 53.6 Å². The first-order valence-electron chi connectivity index (χ1n) is 16.7. The van der Waals surface area contributed by atoms with Crippen molar-refractivity contribution in [1.29, 1.82) is 0 Å². The number of halogens is 1. The van der Waals surface area contributed by atoms with E-state index in [9.17, 15) is 19.2 Å². The zero-order chi connectivity index (χ0) is 38.5. The number of nitrogens with one attached hydrogen (secondary N) is 1. The second-order valence-electron chi connectivity index (χ2n) is 13.9. The van der Waals surface area contributed by atoms with Crippen LogP contribution in [-0.4, -0.2) is 81.3 Å². The molecule has 2 aromatic carbocycles. The Hall–Kier alpha value is -3.57. The van der Waals surface area contributed by atoms with Crippen LogP contribution in [0.1, 0.15) is 70.8 Å². The molecule has 0 bridgehead atoms. The highest BCUT2D eigenvalue weighted by Crippen LogP contribution is 2.36. The summed E-state index contributed by atoms with van der Waals surface area (Å²) in [6.45, 7) is 13.1. The minimum Gasteiger partial charge on any atom is -0.463 e. The molecule has 0 radical (unpaired) electrons. The summed E-state index contributed by atoms with van der Waals surface area (Å²) in [5.41, 5.74) is 6.61. The number of nitrogens with two attached hydrogens (primary N) is 1. The van der Waals surface area contributed by atoms with E-state index in [0.29, 0.717) is 49.7 Å². The molecule has 52 heavy (non-hydrogen) atoms. The molecule has 3 N–H and O–H groups in total. The topological polar surface area (TPSA) is 180 Å². The fraction of sp³-hybridized carbons (Fsp3) is 0.556. The van der Waals surface area contributed by atoms with Gasteiger partial charge in [-0.15, -0.1) is 0 Å². The summed E-state index contributed by atoms with van der Waals surface area (Å²) in [6.07, 6.45) is -4.27. The lowest BCUT2D eigenvalue weighted by molar-refractivity contribution is -0.245. The summed E-state index contributed by atoms with van der Waals surface area (Å²) >= 11 is 4.07. The molecule has 2 aromatic rings. The van der Waals surface area contributed by atoms with Gasteiger partial charge in [-0.2, -0.15) is 0 Å². The van der Waals surface area contributed by atoms with Crippen molar-refractivity contribution in [1.82, 2.24) is 5.32 Å². The van der Waals surface area contributed by atoms with E-state index in [1.165, 1.54) is 32.9 Å². The molecule has 16 heteroatoms. The minimum atomic E-state index is -1.09. The maximum Gasteiger partial charge on any atom is 0.303 e. The van der Waals surface area contributed by atoms with E-state index in [1.54, 1.807) is 18.2 Å². The standard InChI is InChI=1S/C36H49BrN2O12S/c1-22(40)45-17-31-33(47-24(3)42)30(46-23(2)41)15-32(49-31)48-28-13-10-26(14-29(28)51-52-50-27-11-8-25(16-37)9-12-27)34(43)39-19-36(6,7)21-44-20-35(4,5)18-38/h8-14,30-33H,15-21,38H2,1-7H3,(H,39,43). The SMILES string of the molecule is CC(=O)OCC1OC(Oc2ccc(C(=O)NCC(C)(C)COCC(C)(C)CN)cc2OSOc2ccc(CBr)cc2)CC(OC(C)=O)C1OC(C)=O. The number of carbonyl (C=O) groups is 4. The molecule has 14 nitrogen and oxygen atoms in total. The van der Waals surface area contributed by atoms with Crippen molar-refractivity contribution < 1.29 is 56.0 Å².